The van der Waals surface area contributed by atoms with Gasteiger partial charge in [-0.15, -0.1) is 0 Å². The molecule has 4 aromatic rings. The monoisotopic (exact) mass is 635 g/mol. The predicted molar refractivity (Wildman–Crippen MR) is 170 cm³/mol. The van der Waals surface area contributed by atoms with E-state index in [1.54, 1.807) is 54.6 Å². The van der Waals surface area contributed by atoms with Crippen LogP contribution in [0.5, 0.6) is 11.5 Å². The normalized spacial score (nSPS) is 16.6. The van der Waals surface area contributed by atoms with Crippen molar-refractivity contribution >= 4 is 23.3 Å². The number of halogens is 1. The molecule has 11 nitrogen and oxygen atoms in total. The molecule has 3 aliphatic heterocycles. The van der Waals surface area contributed by atoms with E-state index in [-0.39, 0.29) is 23.8 Å². The summed E-state index contributed by atoms with van der Waals surface area (Å²) in [5.41, 5.74) is 5.19. The number of aromatic carboxylic acids is 1. The highest BCUT2D eigenvalue weighted by atomic mass is 19.1. The Kier molecular flexibility index (Phi) is 7.60. The summed E-state index contributed by atoms with van der Waals surface area (Å²) in [6.07, 6.45) is 11.0. The van der Waals surface area contributed by atoms with Gasteiger partial charge in [0.1, 0.15) is 23.8 Å². The Labute approximate surface area is 268 Å². The van der Waals surface area contributed by atoms with Gasteiger partial charge in [0.2, 0.25) is 0 Å². The number of pyridine rings is 1. The van der Waals surface area contributed by atoms with Gasteiger partial charge in [0.25, 0.3) is 0 Å². The lowest BCUT2D eigenvalue weighted by atomic mass is 10.1. The van der Waals surface area contributed by atoms with Crippen LogP contribution in [0.4, 0.5) is 10.1 Å². The number of allylic oxidation sites excluding steroid dienone is 4. The number of nitrogens with zero attached hydrogens (tertiary/aromatic N) is 3. The summed E-state index contributed by atoms with van der Waals surface area (Å²) in [7, 11) is 0. The number of aryl methyl sites for hydroxylation is 1. The molecular formula is C35H30FN5O6. The van der Waals surface area contributed by atoms with Gasteiger partial charge >= 0.3 is 11.9 Å². The standard InChI is InChI=1S/C35H30FN5O6/c1-20-14-23(36)7-6-22(20)17-38-26-10-12-31-39-27(18-41(31)33(26)35(44)45)30-19-46-28-11-5-21(15-29(28)47-30)16-37-25-9-8-24-4-2-3-13-40(24)32(25)34(42)43/h3-15,18,30,37-38H,2,16-17,19H2,1H3,(H,42,43)(H,44,45). The minimum absolute atomic E-state index is 0.000885. The molecule has 0 saturated heterocycles. The van der Waals surface area contributed by atoms with Crippen molar-refractivity contribution in [3.05, 3.63) is 136 Å². The molecule has 0 spiro atoms. The lowest BCUT2D eigenvalue weighted by molar-refractivity contribution is -0.134. The van der Waals surface area contributed by atoms with E-state index >= 15 is 0 Å². The van der Waals surface area contributed by atoms with Crippen molar-refractivity contribution in [3.8, 4) is 11.5 Å². The van der Waals surface area contributed by atoms with Gasteiger partial charge in [-0.05, 0) is 78.6 Å². The largest absolute Gasteiger partial charge is 0.485 e. The third-order valence-electron chi connectivity index (χ3n) is 8.22. The molecule has 2 aromatic carbocycles. The average Bonchev–Trinajstić information content (AvgIpc) is 3.50. The molecule has 0 bridgehead atoms. The minimum Gasteiger partial charge on any atom is -0.485 e. The molecule has 7 rings (SSSR count). The Bertz CT molecular complexity index is 2060. The van der Waals surface area contributed by atoms with E-state index in [1.807, 2.05) is 30.4 Å². The highest BCUT2D eigenvalue weighted by Gasteiger charge is 2.28. The van der Waals surface area contributed by atoms with Crippen molar-refractivity contribution in [3.63, 3.8) is 0 Å². The summed E-state index contributed by atoms with van der Waals surface area (Å²) in [6.45, 7) is 2.61. The maximum atomic E-state index is 13.5. The molecule has 47 heavy (non-hydrogen) atoms. The number of hydrogen-bond acceptors (Lipinski definition) is 8. The zero-order valence-electron chi connectivity index (χ0n) is 25.2. The van der Waals surface area contributed by atoms with Gasteiger partial charge in [-0.25, -0.2) is 19.0 Å². The number of aliphatic carboxylic acids is 1. The van der Waals surface area contributed by atoms with Gasteiger partial charge < -0.3 is 35.2 Å². The summed E-state index contributed by atoms with van der Waals surface area (Å²) >= 11 is 0. The van der Waals surface area contributed by atoms with Gasteiger partial charge in [0.15, 0.2) is 29.0 Å². The third kappa shape index (κ3) is 5.76. The lowest BCUT2D eigenvalue weighted by Gasteiger charge is -2.30. The Balaban J connectivity index is 1.09. The molecule has 0 amide bonds. The number of carboxylic acids is 2. The molecule has 1 unspecified atom stereocenters. The number of benzene rings is 2. The summed E-state index contributed by atoms with van der Waals surface area (Å²) in [5, 5.41) is 26.5. The molecule has 0 aliphatic carbocycles. The Hall–Kier alpha value is -6.04. The van der Waals surface area contributed by atoms with Crippen LogP contribution in [0.25, 0.3) is 5.65 Å². The van der Waals surface area contributed by atoms with E-state index in [9.17, 15) is 24.2 Å². The van der Waals surface area contributed by atoms with Crippen molar-refractivity contribution in [2.75, 3.05) is 11.9 Å². The number of carbonyl (C=O) groups is 2. The van der Waals surface area contributed by atoms with E-state index in [4.69, 9.17) is 9.47 Å². The zero-order valence-corrected chi connectivity index (χ0v) is 25.2. The number of carboxylic acid groups (broad SMARTS) is 2. The van der Waals surface area contributed by atoms with E-state index < -0.39 is 18.0 Å². The molecule has 5 heterocycles. The van der Waals surface area contributed by atoms with Crippen LogP contribution >= 0.6 is 0 Å². The van der Waals surface area contributed by atoms with Gasteiger partial charge in [-0.1, -0.05) is 24.3 Å². The van der Waals surface area contributed by atoms with Crippen LogP contribution in [-0.4, -0.2) is 43.0 Å². The van der Waals surface area contributed by atoms with Crippen molar-refractivity contribution in [1.29, 1.82) is 0 Å². The molecule has 3 aliphatic rings. The molecule has 238 valence electrons. The van der Waals surface area contributed by atoms with Crippen LogP contribution in [0.2, 0.25) is 0 Å². The van der Waals surface area contributed by atoms with Gasteiger partial charge in [-0.3, -0.25) is 4.40 Å². The number of fused-ring (bicyclic) bond motifs is 3. The highest BCUT2D eigenvalue weighted by molar-refractivity contribution is 5.93. The Morgan fingerprint density at radius 3 is 2.70 bits per heavy atom. The van der Waals surface area contributed by atoms with Crippen LogP contribution in [0, 0.1) is 12.7 Å². The van der Waals surface area contributed by atoms with Crippen LogP contribution in [0.1, 0.15) is 45.4 Å². The van der Waals surface area contributed by atoms with Crippen LogP contribution < -0.4 is 20.1 Å². The third-order valence-corrected chi connectivity index (χ3v) is 8.22. The molecule has 0 saturated carbocycles. The first-order valence-electron chi connectivity index (χ1n) is 15.0. The second-order valence-corrected chi connectivity index (χ2v) is 11.3. The van der Waals surface area contributed by atoms with Gasteiger partial charge in [0.05, 0.1) is 11.4 Å². The van der Waals surface area contributed by atoms with E-state index in [2.05, 4.69) is 15.6 Å². The van der Waals surface area contributed by atoms with Crippen LogP contribution in [-0.2, 0) is 17.9 Å². The maximum absolute atomic E-state index is 13.5. The van der Waals surface area contributed by atoms with Crippen LogP contribution in [0.15, 0.2) is 102 Å². The fourth-order valence-electron chi connectivity index (χ4n) is 5.84. The first kappa shape index (κ1) is 29.7. The van der Waals surface area contributed by atoms with Crippen molar-refractivity contribution in [1.82, 2.24) is 19.6 Å². The summed E-state index contributed by atoms with van der Waals surface area (Å²) < 4.78 is 27.3. The number of rotatable bonds is 9. The topological polar surface area (TPSA) is 138 Å². The second kappa shape index (κ2) is 12.0. The maximum Gasteiger partial charge on any atom is 0.355 e. The first-order chi connectivity index (χ1) is 22.7. The minimum atomic E-state index is -1.14. The number of anilines is 1. The van der Waals surface area contributed by atoms with Crippen molar-refractivity contribution < 1.29 is 33.7 Å². The van der Waals surface area contributed by atoms with E-state index in [0.29, 0.717) is 47.3 Å². The second-order valence-electron chi connectivity index (χ2n) is 11.3. The molecular weight excluding hydrogens is 605 g/mol. The van der Waals surface area contributed by atoms with Gasteiger partial charge in [-0.2, -0.15) is 0 Å². The quantitative estimate of drug-likeness (QED) is 0.182. The molecule has 1 atom stereocenters. The Morgan fingerprint density at radius 1 is 1.02 bits per heavy atom. The number of hydrogen-bond donors (Lipinski definition) is 4. The predicted octanol–water partition coefficient (Wildman–Crippen LogP) is 5.66. The van der Waals surface area contributed by atoms with Gasteiger partial charge in [0, 0.05) is 31.2 Å². The first-order valence-corrected chi connectivity index (χ1v) is 15.0. The SMILES string of the molecule is Cc1cc(F)ccc1CNc1ccc2nc(C3COc4ccc(CNC5=C(C(=O)O)N6C=CCC=C6C=C5)cc4O3)cn2c1C(=O)O. The van der Waals surface area contributed by atoms with Crippen molar-refractivity contribution in [2.24, 2.45) is 0 Å². The van der Waals surface area contributed by atoms with Crippen LogP contribution in [0.3, 0.4) is 0 Å². The molecule has 4 N–H and O–H groups in total. The average molecular weight is 636 g/mol. The molecule has 2 aromatic heterocycles. The molecule has 12 heteroatoms. The van der Waals surface area contributed by atoms with E-state index in [1.165, 1.54) is 16.5 Å². The highest BCUT2D eigenvalue weighted by Crippen LogP contribution is 2.37. The van der Waals surface area contributed by atoms with Crippen molar-refractivity contribution in [2.45, 2.75) is 32.5 Å². The number of nitrogens with one attached hydrogen (secondary N) is 2. The number of imidazole rings is 1. The Morgan fingerprint density at radius 2 is 1.89 bits per heavy atom. The fraction of sp³-hybridized carbons (Fsp3) is 0.171. The molecule has 0 fully saturated rings. The summed E-state index contributed by atoms with van der Waals surface area (Å²) in [6, 6.07) is 13.4. The molecule has 0 radical (unpaired) electrons. The number of ether oxygens (including phenoxy) is 2. The smallest absolute Gasteiger partial charge is 0.355 e. The van der Waals surface area contributed by atoms with E-state index in [0.717, 1.165) is 28.8 Å². The zero-order chi connectivity index (χ0) is 32.7. The fourth-order valence-corrected chi connectivity index (χ4v) is 5.84. The summed E-state index contributed by atoms with van der Waals surface area (Å²) in [4.78, 5) is 30.8. The number of aromatic nitrogens is 2. The summed E-state index contributed by atoms with van der Waals surface area (Å²) in [5.74, 6) is -1.46. The lowest BCUT2D eigenvalue weighted by Crippen LogP contribution is -2.30.